The van der Waals surface area contributed by atoms with E-state index in [4.69, 9.17) is 13.9 Å². The molecule has 0 aliphatic heterocycles. The molecule has 3 aromatic carbocycles. The maximum atomic E-state index is 13.3. The Hall–Kier alpha value is -3.86. The quantitative estimate of drug-likeness (QED) is 0.379. The Morgan fingerprint density at radius 1 is 0.906 bits per heavy atom. The van der Waals surface area contributed by atoms with Crippen molar-refractivity contribution < 1.29 is 18.7 Å². The maximum Gasteiger partial charge on any atom is 0.344 e. The Morgan fingerprint density at radius 3 is 2.34 bits per heavy atom. The summed E-state index contributed by atoms with van der Waals surface area (Å²) in [6, 6.07) is 20.7. The van der Waals surface area contributed by atoms with Crippen LogP contribution in [0.5, 0.6) is 5.75 Å². The highest BCUT2D eigenvalue weighted by molar-refractivity contribution is 5.85. The van der Waals surface area contributed by atoms with Gasteiger partial charge in [-0.2, -0.15) is 0 Å². The van der Waals surface area contributed by atoms with Crippen LogP contribution in [-0.2, 0) is 16.1 Å². The average Bonchev–Trinajstić information content (AvgIpc) is 2.79. The Balaban J connectivity index is 1.67. The normalized spacial score (nSPS) is 10.8. The molecular weight excluding hydrogens is 404 g/mol. The maximum absolute atomic E-state index is 13.3. The van der Waals surface area contributed by atoms with Crippen molar-refractivity contribution in [3.8, 4) is 17.1 Å². The Labute approximate surface area is 186 Å². The standard InChI is InChI=1S/C27H24O5/c1-17-9-11-21(12-10-17)26-27(24(29)22-14-18(2)13-19(3)25(22)32-26)31-16-23(28)30-15-20-7-5-4-6-8-20/h4-14H,15-16H2,1-3H3. The van der Waals surface area contributed by atoms with Gasteiger partial charge < -0.3 is 13.9 Å². The van der Waals surface area contributed by atoms with Gasteiger partial charge in [0.05, 0.1) is 5.39 Å². The lowest BCUT2D eigenvalue weighted by Gasteiger charge is -2.13. The van der Waals surface area contributed by atoms with E-state index in [9.17, 15) is 9.59 Å². The number of aryl methyl sites for hydroxylation is 3. The summed E-state index contributed by atoms with van der Waals surface area (Å²) in [5, 5.41) is 0.422. The van der Waals surface area contributed by atoms with Crippen LogP contribution in [0.25, 0.3) is 22.3 Å². The van der Waals surface area contributed by atoms with E-state index in [1.165, 1.54) is 0 Å². The average molecular weight is 428 g/mol. The number of hydrogen-bond donors (Lipinski definition) is 0. The first kappa shape index (κ1) is 21.4. The molecule has 0 N–H and O–H groups in total. The summed E-state index contributed by atoms with van der Waals surface area (Å²) in [6.45, 7) is 5.54. The molecule has 5 heteroatoms. The van der Waals surface area contributed by atoms with E-state index in [-0.39, 0.29) is 17.8 Å². The second-order valence-electron chi connectivity index (χ2n) is 7.85. The van der Waals surface area contributed by atoms with Crippen molar-refractivity contribution in [3.63, 3.8) is 0 Å². The number of fused-ring (bicyclic) bond motifs is 1. The van der Waals surface area contributed by atoms with E-state index < -0.39 is 12.6 Å². The van der Waals surface area contributed by atoms with Crippen molar-refractivity contribution >= 4 is 16.9 Å². The fourth-order valence-corrected chi connectivity index (χ4v) is 3.57. The molecule has 162 valence electrons. The molecule has 0 unspecified atom stereocenters. The second-order valence-corrected chi connectivity index (χ2v) is 7.85. The second kappa shape index (κ2) is 9.10. The minimum absolute atomic E-state index is 0.00279. The van der Waals surface area contributed by atoms with Crippen molar-refractivity contribution in [2.24, 2.45) is 0 Å². The highest BCUT2D eigenvalue weighted by Crippen LogP contribution is 2.32. The first-order valence-electron chi connectivity index (χ1n) is 10.4. The first-order chi connectivity index (χ1) is 15.4. The molecule has 0 spiro atoms. The number of carbonyl (C=O) groups excluding carboxylic acids is 1. The molecule has 0 aliphatic rings. The van der Waals surface area contributed by atoms with Crippen LogP contribution in [0.1, 0.15) is 22.3 Å². The third-order valence-corrected chi connectivity index (χ3v) is 5.17. The zero-order valence-electron chi connectivity index (χ0n) is 18.3. The monoisotopic (exact) mass is 428 g/mol. The van der Waals surface area contributed by atoms with Gasteiger partial charge in [0.2, 0.25) is 11.2 Å². The summed E-state index contributed by atoms with van der Waals surface area (Å²) < 4.78 is 17.2. The predicted molar refractivity (Wildman–Crippen MR) is 124 cm³/mol. The molecule has 0 saturated heterocycles. The topological polar surface area (TPSA) is 65.7 Å². The van der Waals surface area contributed by atoms with Crippen LogP contribution < -0.4 is 10.2 Å². The lowest BCUT2D eigenvalue weighted by Crippen LogP contribution is -2.19. The number of ether oxygens (including phenoxy) is 2. The van der Waals surface area contributed by atoms with Crippen molar-refractivity contribution in [1.29, 1.82) is 0 Å². The molecule has 0 bridgehead atoms. The summed E-state index contributed by atoms with van der Waals surface area (Å²) in [7, 11) is 0. The molecule has 4 aromatic rings. The van der Waals surface area contributed by atoms with Gasteiger partial charge in [0.25, 0.3) is 0 Å². The van der Waals surface area contributed by atoms with E-state index in [2.05, 4.69) is 0 Å². The van der Waals surface area contributed by atoms with Crippen LogP contribution in [0.4, 0.5) is 0 Å². The number of carbonyl (C=O) groups is 1. The summed E-state index contributed by atoms with van der Waals surface area (Å²) in [6.07, 6.45) is 0. The fourth-order valence-electron chi connectivity index (χ4n) is 3.57. The van der Waals surface area contributed by atoms with E-state index in [0.717, 1.165) is 22.3 Å². The first-order valence-corrected chi connectivity index (χ1v) is 10.4. The largest absolute Gasteiger partial charge is 0.474 e. The molecule has 5 nitrogen and oxygen atoms in total. The number of benzene rings is 3. The highest BCUT2D eigenvalue weighted by atomic mass is 16.6. The molecule has 1 aromatic heterocycles. The SMILES string of the molecule is Cc1ccc(-c2oc3c(C)cc(C)cc3c(=O)c2OCC(=O)OCc2ccccc2)cc1. The minimum atomic E-state index is -0.566. The smallest absolute Gasteiger partial charge is 0.344 e. The Morgan fingerprint density at radius 2 is 1.62 bits per heavy atom. The van der Waals surface area contributed by atoms with E-state index in [0.29, 0.717) is 22.3 Å². The summed E-state index contributed by atoms with van der Waals surface area (Å²) >= 11 is 0. The lowest BCUT2D eigenvalue weighted by molar-refractivity contribution is -0.147. The number of esters is 1. The molecule has 0 aliphatic carbocycles. The van der Waals surface area contributed by atoms with Gasteiger partial charge in [-0.3, -0.25) is 4.79 Å². The summed E-state index contributed by atoms with van der Waals surface area (Å²) in [5.41, 5.74) is 4.65. The molecule has 0 saturated carbocycles. The molecule has 1 heterocycles. The van der Waals surface area contributed by atoms with Crippen LogP contribution in [0.15, 0.2) is 75.9 Å². The van der Waals surface area contributed by atoms with Gasteiger partial charge in [0.15, 0.2) is 12.4 Å². The number of hydrogen-bond acceptors (Lipinski definition) is 5. The molecule has 0 atom stereocenters. The number of rotatable bonds is 6. The molecular formula is C27H24O5. The lowest BCUT2D eigenvalue weighted by atomic mass is 10.0. The molecule has 0 fully saturated rings. The third-order valence-electron chi connectivity index (χ3n) is 5.17. The molecule has 4 rings (SSSR count). The minimum Gasteiger partial charge on any atom is -0.474 e. The summed E-state index contributed by atoms with van der Waals surface area (Å²) in [4.78, 5) is 25.6. The van der Waals surface area contributed by atoms with Gasteiger partial charge >= 0.3 is 5.97 Å². The van der Waals surface area contributed by atoms with Crippen LogP contribution in [-0.4, -0.2) is 12.6 Å². The van der Waals surface area contributed by atoms with Gasteiger partial charge in [-0.1, -0.05) is 66.2 Å². The van der Waals surface area contributed by atoms with Gasteiger partial charge in [0.1, 0.15) is 12.2 Å². The Kier molecular flexibility index (Phi) is 6.08. The van der Waals surface area contributed by atoms with Crippen molar-refractivity contribution in [2.75, 3.05) is 6.61 Å². The third kappa shape index (κ3) is 4.57. The van der Waals surface area contributed by atoms with Crippen LogP contribution in [0, 0.1) is 20.8 Å². The van der Waals surface area contributed by atoms with Gasteiger partial charge in [-0.25, -0.2) is 4.79 Å². The molecule has 0 amide bonds. The predicted octanol–water partition coefficient (Wildman–Crippen LogP) is 5.51. The van der Waals surface area contributed by atoms with Gasteiger partial charge in [0, 0.05) is 5.56 Å². The van der Waals surface area contributed by atoms with Crippen LogP contribution >= 0.6 is 0 Å². The van der Waals surface area contributed by atoms with Gasteiger partial charge in [-0.05, 0) is 43.5 Å². The van der Waals surface area contributed by atoms with Crippen molar-refractivity contribution in [2.45, 2.75) is 27.4 Å². The zero-order valence-corrected chi connectivity index (χ0v) is 18.3. The Bertz CT molecular complexity index is 1320. The molecule has 0 radical (unpaired) electrons. The van der Waals surface area contributed by atoms with E-state index in [1.807, 2.05) is 81.4 Å². The summed E-state index contributed by atoms with van der Waals surface area (Å²) in [5.74, 6) is -0.267. The van der Waals surface area contributed by atoms with Crippen molar-refractivity contribution in [1.82, 2.24) is 0 Å². The van der Waals surface area contributed by atoms with Gasteiger partial charge in [-0.15, -0.1) is 0 Å². The van der Waals surface area contributed by atoms with Crippen LogP contribution in [0.3, 0.4) is 0 Å². The highest BCUT2D eigenvalue weighted by Gasteiger charge is 2.20. The van der Waals surface area contributed by atoms with Crippen molar-refractivity contribution in [3.05, 3.63) is 99.2 Å². The van der Waals surface area contributed by atoms with E-state index >= 15 is 0 Å². The zero-order chi connectivity index (χ0) is 22.7. The fraction of sp³-hybridized carbons (Fsp3) is 0.185. The molecule has 32 heavy (non-hydrogen) atoms. The van der Waals surface area contributed by atoms with E-state index in [1.54, 1.807) is 6.07 Å². The van der Waals surface area contributed by atoms with Crippen LogP contribution in [0.2, 0.25) is 0 Å².